The number of rotatable bonds is 2. The van der Waals surface area contributed by atoms with Crippen molar-refractivity contribution in [1.82, 2.24) is 23.1 Å². The van der Waals surface area contributed by atoms with Gasteiger partial charge in [-0.3, -0.25) is 22.9 Å². The Hall–Kier alpha value is -3.10. The first-order valence-corrected chi connectivity index (χ1v) is 9.72. The van der Waals surface area contributed by atoms with Gasteiger partial charge in [-0.25, -0.2) is 4.79 Å². The maximum Gasteiger partial charge on any atom is 0.332 e. The van der Waals surface area contributed by atoms with Gasteiger partial charge in [0.1, 0.15) is 0 Å². The second-order valence-corrected chi connectivity index (χ2v) is 7.85. The molecular weight excluding hydrogens is 398 g/mol. The number of benzene rings is 1. The molecule has 0 aliphatic carbocycles. The first-order chi connectivity index (χ1) is 13.5. The molecule has 0 N–H and O–H groups in total. The second-order valence-electron chi connectivity index (χ2n) is 6.47. The molecule has 9 heteroatoms. The van der Waals surface area contributed by atoms with E-state index >= 15 is 0 Å². The Balaban J connectivity index is 2.00. The van der Waals surface area contributed by atoms with Crippen molar-refractivity contribution in [3.8, 4) is 16.3 Å². The summed E-state index contributed by atoms with van der Waals surface area (Å²) in [4.78, 5) is 30.8. The first-order valence-electron chi connectivity index (χ1n) is 8.46. The molecule has 0 saturated heterocycles. The van der Waals surface area contributed by atoms with Crippen LogP contribution in [0.15, 0.2) is 57.6 Å². The highest BCUT2D eigenvalue weighted by Crippen LogP contribution is 2.32. The van der Waals surface area contributed by atoms with E-state index in [1.165, 1.54) is 11.6 Å². The third-order valence-corrected chi connectivity index (χ3v) is 5.93. The fourth-order valence-corrected chi connectivity index (χ4v) is 4.35. The topological polar surface area (TPSA) is 66.2 Å². The van der Waals surface area contributed by atoms with Crippen molar-refractivity contribution in [3.05, 3.63) is 73.8 Å². The van der Waals surface area contributed by atoms with E-state index in [0.29, 0.717) is 22.0 Å². The molecule has 140 valence electrons. The number of aryl methyl sites for hydroxylation is 1. The molecule has 0 unspecified atom stereocenters. The molecule has 0 aliphatic heterocycles. The lowest BCUT2D eigenvalue weighted by atomic mass is 10.3. The van der Waals surface area contributed by atoms with Gasteiger partial charge in [0.15, 0.2) is 11.2 Å². The van der Waals surface area contributed by atoms with Gasteiger partial charge in [0.05, 0.1) is 16.3 Å². The van der Waals surface area contributed by atoms with Crippen LogP contribution in [-0.2, 0) is 14.1 Å². The number of aromatic nitrogens is 5. The number of thiophene rings is 1. The molecule has 0 saturated carbocycles. The van der Waals surface area contributed by atoms with Crippen molar-refractivity contribution >= 4 is 39.9 Å². The molecule has 0 amide bonds. The van der Waals surface area contributed by atoms with Crippen LogP contribution in [0.5, 0.6) is 0 Å². The van der Waals surface area contributed by atoms with Crippen molar-refractivity contribution in [3.63, 3.8) is 0 Å². The number of halogens is 1. The quantitative estimate of drug-likeness (QED) is 0.448. The van der Waals surface area contributed by atoms with Crippen molar-refractivity contribution in [2.75, 3.05) is 0 Å². The monoisotopic (exact) mass is 411 g/mol. The predicted octanol–water partition coefficient (Wildman–Crippen LogP) is 3.06. The van der Waals surface area contributed by atoms with Crippen LogP contribution in [0.2, 0.25) is 5.02 Å². The summed E-state index contributed by atoms with van der Waals surface area (Å²) < 4.78 is 6.17. The summed E-state index contributed by atoms with van der Waals surface area (Å²) in [6, 6.07) is 11.4. The van der Waals surface area contributed by atoms with E-state index in [4.69, 9.17) is 11.6 Å². The van der Waals surface area contributed by atoms with Gasteiger partial charge in [-0.2, -0.15) is 4.98 Å². The van der Waals surface area contributed by atoms with Crippen molar-refractivity contribution in [1.29, 1.82) is 0 Å². The Morgan fingerprint density at radius 3 is 2.61 bits per heavy atom. The van der Waals surface area contributed by atoms with E-state index in [1.54, 1.807) is 28.9 Å². The fraction of sp³-hybridized carbons (Fsp3) is 0.105. The van der Waals surface area contributed by atoms with Gasteiger partial charge in [0.2, 0.25) is 5.78 Å². The third kappa shape index (κ3) is 2.25. The summed E-state index contributed by atoms with van der Waals surface area (Å²) in [5.74, 6) is 0.541. The molecule has 0 atom stereocenters. The van der Waals surface area contributed by atoms with Gasteiger partial charge in [-0.1, -0.05) is 23.7 Å². The Bertz CT molecular complexity index is 1490. The number of nitrogens with zero attached hydrogens (tertiary/aromatic N) is 5. The summed E-state index contributed by atoms with van der Waals surface area (Å²) in [5, 5.41) is 2.59. The molecule has 0 aliphatic rings. The average Bonchev–Trinajstić information content (AvgIpc) is 3.39. The van der Waals surface area contributed by atoms with E-state index in [0.717, 1.165) is 20.8 Å². The van der Waals surface area contributed by atoms with Gasteiger partial charge >= 0.3 is 5.69 Å². The van der Waals surface area contributed by atoms with Crippen LogP contribution in [0.4, 0.5) is 0 Å². The van der Waals surface area contributed by atoms with Crippen molar-refractivity contribution in [2.24, 2.45) is 14.1 Å². The number of hydrogen-bond donors (Lipinski definition) is 0. The van der Waals surface area contributed by atoms with Gasteiger partial charge in [-0.15, -0.1) is 11.3 Å². The van der Waals surface area contributed by atoms with E-state index in [-0.39, 0.29) is 5.56 Å². The molecule has 1 aromatic carbocycles. The minimum atomic E-state index is -0.411. The summed E-state index contributed by atoms with van der Waals surface area (Å²) in [6.07, 6.45) is 1.88. The van der Waals surface area contributed by atoms with Gasteiger partial charge in [-0.05, 0) is 29.6 Å². The molecule has 0 radical (unpaired) electrons. The molecule has 5 aromatic rings. The van der Waals surface area contributed by atoms with Gasteiger partial charge in [0, 0.05) is 25.3 Å². The Morgan fingerprint density at radius 1 is 1.07 bits per heavy atom. The molecule has 28 heavy (non-hydrogen) atoms. The molecule has 4 aromatic heterocycles. The zero-order chi connectivity index (χ0) is 19.6. The maximum atomic E-state index is 12.8. The van der Waals surface area contributed by atoms with Crippen LogP contribution in [0.25, 0.3) is 33.2 Å². The summed E-state index contributed by atoms with van der Waals surface area (Å²) in [7, 11) is 3.08. The predicted molar refractivity (Wildman–Crippen MR) is 111 cm³/mol. The zero-order valence-electron chi connectivity index (χ0n) is 15.0. The second kappa shape index (κ2) is 5.95. The van der Waals surface area contributed by atoms with E-state index in [2.05, 4.69) is 4.98 Å². The lowest BCUT2D eigenvalue weighted by Crippen LogP contribution is -2.37. The number of fused-ring (bicyclic) bond motifs is 3. The number of hydrogen-bond acceptors (Lipinski definition) is 4. The lowest BCUT2D eigenvalue weighted by molar-refractivity contribution is 0.708. The van der Waals surface area contributed by atoms with Crippen LogP contribution in [0.3, 0.4) is 0 Å². The molecule has 4 heterocycles. The van der Waals surface area contributed by atoms with Crippen molar-refractivity contribution < 1.29 is 0 Å². The molecule has 0 fully saturated rings. The Morgan fingerprint density at radius 2 is 1.89 bits per heavy atom. The lowest BCUT2D eigenvalue weighted by Gasteiger charge is -2.08. The molecule has 7 nitrogen and oxygen atoms in total. The highest BCUT2D eigenvalue weighted by Gasteiger charge is 2.22. The maximum absolute atomic E-state index is 12.8. The summed E-state index contributed by atoms with van der Waals surface area (Å²) in [5.41, 5.74) is 1.62. The van der Waals surface area contributed by atoms with Crippen LogP contribution in [-0.4, -0.2) is 23.1 Å². The highest BCUT2D eigenvalue weighted by atomic mass is 35.5. The first kappa shape index (κ1) is 17.0. The minimum absolute atomic E-state index is 0.344. The molecule has 5 rings (SSSR count). The highest BCUT2D eigenvalue weighted by molar-refractivity contribution is 7.13. The number of imidazole rings is 2. The molecular formula is C19H14ClN5O2S. The fourth-order valence-electron chi connectivity index (χ4n) is 3.44. The van der Waals surface area contributed by atoms with Crippen LogP contribution >= 0.6 is 22.9 Å². The third-order valence-electron chi connectivity index (χ3n) is 4.81. The largest absolute Gasteiger partial charge is 0.332 e. The van der Waals surface area contributed by atoms with E-state index in [9.17, 15) is 9.59 Å². The normalized spacial score (nSPS) is 11.7. The summed E-state index contributed by atoms with van der Waals surface area (Å²) in [6.45, 7) is 0. The Labute approximate surface area is 167 Å². The minimum Gasteiger partial charge on any atom is -0.279 e. The van der Waals surface area contributed by atoms with Crippen molar-refractivity contribution in [2.45, 2.75) is 0 Å². The standard InChI is InChI=1S/C19H14ClN5O2S/c1-22-16-15(17(26)23(2)19(22)27)24-10-13(14-7-4-8-28-14)25(18(24)21-16)12-6-3-5-11(20)9-12/h3-10H,1-2H3. The van der Waals surface area contributed by atoms with Crippen LogP contribution < -0.4 is 11.2 Å². The summed E-state index contributed by atoms with van der Waals surface area (Å²) >= 11 is 7.82. The van der Waals surface area contributed by atoms with Gasteiger partial charge in [0.25, 0.3) is 5.56 Å². The zero-order valence-corrected chi connectivity index (χ0v) is 16.5. The van der Waals surface area contributed by atoms with E-state index < -0.39 is 5.69 Å². The Kier molecular flexibility index (Phi) is 3.62. The SMILES string of the molecule is Cn1c(=O)c2c(nc3n(-c4cccc(Cl)c4)c(-c4cccs4)cn23)n(C)c1=O. The molecule has 0 spiro atoms. The van der Waals surface area contributed by atoms with Gasteiger partial charge < -0.3 is 0 Å². The average molecular weight is 412 g/mol. The van der Waals surface area contributed by atoms with Crippen LogP contribution in [0, 0.1) is 0 Å². The van der Waals surface area contributed by atoms with Crippen LogP contribution in [0.1, 0.15) is 0 Å². The smallest absolute Gasteiger partial charge is 0.279 e. The van der Waals surface area contributed by atoms with E-state index in [1.807, 2.05) is 46.5 Å². The molecule has 0 bridgehead atoms.